The Labute approximate surface area is 211 Å². The van der Waals surface area contributed by atoms with Gasteiger partial charge in [0.15, 0.2) is 5.69 Å². The van der Waals surface area contributed by atoms with Crippen LogP contribution in [0.15, 0.2) is 48.5 Å². The fourth-order valence-corrected chi connectivity index (χ4v) is 4.58. The highest BCUT2D eigenvalue weighted by Gasteiger charge is 2.26. The van der Waals surface area contributed by atoms with Crippen LogP contribution in [0.3, 0.4) is 0 Å². The van der Waals surface area contributed by atoms with Gasteiger partial charge in [-0.15, -0.1) is 0 Å². The molecule has 1 aliphatic carbocycles. The molecule has 0 unspecified atom stereocenters. The van der Waals surface area contributed by atoms with E-state index in [1.54, 1.807) is 24.3 Å². The molecule has 6 nitrogen and oxygen atoms in total. The summed E-state index contributed by atoms with van der Waals surface area (Å²) < 4.78 is 28.3. The minimum atomic E-state index is -2.77. The first-order chi connectivity index (χ1) is 17.2. The molecule has 3 aromatic heterocycles. The Morgan fingerprint density at radius 1 is 1.11 bits per heavy atom. The summed E-state index contributed by atoms with van der Waals surface area (Å²) in [5, 5.41) is 13.5. The quantitative estimate of drug-likeness (QED) is 0.254. The first kappa shape index (κ1) is 24.1. The highest BCUT2D eigenvalue weighted by Crippen LogP contribution is 2.41. The molecule has 0 bridgehead atoms. The van der Waals surface area contributed by atoms with E-state index in [0.717, 1.165) is 29.7 Å². The lowest BCUT2D eigenvalue weighted by Gasteiger charge is -2.20. The fourth-order valence-electron chi connectivity index (χ4n) is 4.43. The summed E-state index contributed by atoms with van der Waals surface area (Å²) in [5.41, 5.74) is 3.50. The lowest BCUT2D eigenvalue weighted by atomic mass is 9.96. The van der Waals surface area contributed by atoms with E-state index in [-0.39, 0.29) is 22.1 Å². The van der Waals surface area contributed by atoms with Crippen LogP contribution in [-0.4, -0.2) is 26.0 Å². The number of nitrogens with zero attached hydrogens (tertiary/aromatic N) is 3. The molecule has 2 N–H and O–H groups in total. The summed E-state index contributed by atoms with van der Waals surface area (Å²) >= 11 is 5.89. The number of anilines is 1. The molecule has 1 fully saturated rings. The van der Waals surface area contributed by atoms with Crippen molar-refractivity contribution in [2.75, 3.05) is 5.32 Å². The third kappa shape index (κ3) is 4.73. The Balaban J connectivity index is 1.64. The number of nitrogens with one attached hydrogen (secondary N) is 1. The number of rotatable bonds is 7. The predicted octanol–water partition coefficient (Wildman–Crippen LogP) is 7.34. The fraction of sp³-hybridized carbons (Fsp3) is 0.259. The maximum atomic E-state index is 14.1. The van der Waals surface area contributed by atoms with Crippen LogP contribution in [0.2, 0.25) is 5.15 Å². The number of benzene rings is 1. The molecule has 184 valence electrons. The second-order valence-electron chi connectivity index (χ2n) is 9.07. The summed E-state index contributed by atoms with van der Waals surface area (Å²) in [7, 11) is 0. The van der Waals surface area contributed by atoms with Crippen LogP contribution in [0.25, 0.3) is 22.2 Å². The van der Waals surface area contributed by atoms with Crippen molar-refractivity contribution in [2.24, 2.45) is 0 Å². The molecular formula is C27H23ClF2N4O2. The topological polar surface area (TPSA) is 88.0 Å². The molecule has 0 radical (unpaired) electrons. The maximum Gasteiger partial charge on any atom is 0.356 e. The molecular weight excluding hydrogens is 486 g/mol. The van der Waals surface area contributed by atoms with Gasteiger partial charge in [-0.25, -0.2) is 23.5 Å². The molecule has 9 heteroatoms. The third-order valence-electron chi connectivity index (χ3n) is 6.29. The SMILES string of the molecule is Cc1cc([C@@H](C)Nc2ccc(Cl)nc2C(=O)O)c2cc(-c3cccc(C4CC4)n3)c(C(F)F)nc2c1. The number of hydrogen-bond acceptors (Lipinski definition) is 5. The van der Waals surface area contributed by atoms with Crippen molar-refractivity contribution in [1.82, 2.24) is 15.0 Å². The number of halogens is 3. The molecule has 1 atom stereocenters. The number of carbonyl (C=O) groups is 1. The van der Waals surface area contributed by atoms with Gasteiger partial charge in [-0.3, -0.25) is 4.98 Å². The van der Waals surface area contributed by atoms with Gasteiger partial charge in [-0.1, -0.05) is 23.7 Å². The van der Waals surface area contributed by atoms with E-state index in [9.17, 15) is 18.7 Å². The molecule has 4 aromatic rings. The van der Waals surface area contributed by atoms with E-state index in [0.29, 0.717) is 28.2 Å². The standard InChI is InChI=1S/C27H23ClF2N4O2/c1-13-10-16(14(2)31-21-8-9-23(28)34-25(21)27(35)36)17-12-18(24(26(29)30)33-22(17)11-13)20-5-3-4-19(32-20)15-6-7-15/h3-5,8-12,14-15,26,31H,6-7H2,1-2H3,(H,35,36)/t14-/m1/s1. The molecule has 0 aliphatic heterocycles. The maximum absolute atomic E-state index is 14.1. The van der Waals surface area contributed by atoms with Gasteiger partial charge in [0.05, 0.1) is 16.9 Å². The molecule has 1 aliphatic rings. The Hall–Kier alpha value is -3.65. The second kappa shape index (κ2) is 9.43. The Morgan fingerprint density at radius 2 is 1.89 bits per heavy atom. The van der Waals surface area contributed by atoms with Crippen LogP contribution in [-0.2, 0) is 0 Å². The van der Waals surface area contributed by atoms with Crippen LogP contribution in [0.4, 0.5) is 14.5 Å². The lowest BCUT2D eigenvalue weighted by Crippen LogP contribution is -2.13. The highest BCUT2D eigenvalue weighted by molar-refractivity contribution is 6.29. The molecule has 1 saturated carbocycles. The number of hydrogen-bond donors (Lipinski definition) is 2. The van der Waals surface area contributed by atoms with Crippen LogP contribution in [0.1, 0.15) is 71.2 Å². The van der Waals surface area contributed by atoms with Crippen LogP contribution in [0, 0.1) is 6.92 Å². The molecule has 3 heterocycles. The van der Waals surface area contributed by atoms with Gasteiger partial charge in [0.25, 0.3) is 6.43 Å². The zero-order chi connectivity index (χ0) is 25.6. The monoisotopic (exact) mass is 508 g/mol. The van der Waals surface area contributed by atoms with Crippen LogP contribution >= 0.6 is 11.6 Å². The first-order valence-corrected chi connectivity index (χ1v) is 12.0. The van der Waals surface area contributed by atoms with Crippen molar-refractivity contribution in [2.45, 2.75) is 45.1 Å². The van der Waals surface area contributed by atoms with Crippen molar-refractivity contribution in [3.05, 3.63) is 81.9 Å². The Bertz CT molecular complexity index is 1490. The molecule has 1 aromatic carbocycles. The molecule has 36 heavy (non-hydrogen) atoms. The van der Waals surface area contributed by atoms with E-state index in [1.807, 2.05) is 32.0 Å². The smallest absolute Gasteiger partial charge is 0.356 e. The first-order valence-electron chi connectivity index (χ1n) is 11.6. The van der Waals surface area contributed by atoms with Gasteiger partial charge in [-0.05, 0) is 74.2 Å². The minimum Gasteiger partial charge on any atom is -0.476 e. The van der Waals surface area contributed by atoms with Crippen molar-refractivity contribution in [1.29, 1.82) is 0 Å². The van der Waals surface area contributed by atoms with Crippen molar-refractivity contribution in [3.8, 4) is 11.3 Å². The number of carboxylic acid groups (broad SMARTS) is 1. The largest absolute Gasteiger partial charge is 0.476 e. The van der Waals surface area contributed by atoms with Crippen molar-refractivity contribution >= 4 is 34.2 Å². The Morgan fingerprint density at radius 3 is 2.58 bits per heavy atom. The summed E-state index contributed by atoms with van der Waals surface area (Å²) in [6.07, 6.45) is -0.661. The van der Waals surface area contributed by atoms with E-state index < -0.39 is 18.4 Å². The molecule has 0 amide bonds. The average Bonchev–Trinajstić information content (AvgIpc) is 3.69. The highest BCUT2D eigenvalue weighted by atomic mass is 35.5. The lowest BCUT2D eigenvalue weighted by molar-refractivity contribution is 0.0691. The normalized spacial score (nSPS) is 14.3. The number of aromatic nitrogens is 3. The van der Waals surface area contributed by atoms with Crippen molar-refractivity contribution in [3.63, 3.8) is 0 Å². The van der Waals surface area contributed by atoms with Crippen LogP contribution < -0.4 is 5.32 Å². The van der Waals surface area contributed by atoms with E-state index >= 15 is 0 Å². The Kier molecular flexibility index (Phi) is 6.30. The molecule has 5 rings (SSSR count). The van der Waals surface area contributed by atoms with Gasteiger partial charge >= 0.3 is 5.97 Å². The number of fused-ring (bicyclic) bond motifs is 1. The summed E-state index contributed by atoms with van der Waals surface area (Å²) in [6, 6.07) is 13.6. The molecule has 0 spiro atoms. The average molecular weight is 509 g/mol. The van der Waals surface area contributed by atoms with Gasteiger partial charge in [0.1, 0.15) is 10.8 Å². The third-order valence-corrected chi connectivity index (χ3v) is 6.50. The predicted molar refractivity (Wildman–Crippen MR) is 135 cm³/mol. The van der Waals surface area contributed by atoms with Gasteiger partial charge in [0, 0.05) is 28.6 Å². The number of carboxylic acids is 1. The van der Waals surface area contributed by atoms with Gasteiger partial charge < -0.3 is 10.4 Å². The van der Waals surface area contributed by atoms with Gasteiger partial charge in [-0.2, -0.15) is 0 Å². The van der Waals surface area contributed by atoms with E-state index in [4.69, 9.17) is 11.6 Å². The van der Waals surface area contributed by atoms with Crippen molar-refractivity contribution < 1.29 is 18.7 Å². The van der Waals surface area contributed by atoms with Gasteiger partial charge in [0.2, 0.25) is 0 Å². The zero-order valence-electron chi connectivity index (χ0n) is 19.6. The van der Waals surface area contributed by atoms with E-state index in [1.165, 1.54) is 6.07 Å². The minimum absolute atomic E-state index is 0.0703. The summed E-state index contributed by atoms with van der Waals surface area (Å²) in [5.74, 6) is -0.833. The zero-order valence-corrected chi connectivity index (χ0v) is 20.4. The summed E-state index contributed by atoms with van der Waals surface area (Å²) in [4.78, 5) is 24.6. The number of alkyl halides is 2. The summed E-state index contributed by atoms with van der Waals surface area (Å²) in [6.45, 7) is 3.72. The molecule has 0 saturated heterocycles. The number of aryl methyl sites for hydroxylation is 1. The number of aromatic carboxylic acids is 1. The number of pyridine rings is 3. The van der Waals surface area contributed by atoms with E-state index in [2.05, 4.69) is 20.3 Å². The second-order valence-corrected chi connectivity index (χ2v) is 9.45. The van der Waals surface area contributed by atoms with Crippen LogP contribution in [0.5, 0.6) is 0 Å².